The van der Waals surface area contributed by atoms with Gasteiger partial charge in [-0.25, -0.2) is 0 Å². The van der Waals surface area contributed by atoms with E-state index in [9.17, 15) is 0 Å². The van der Waals surface area contributed by atoms with Crippen LogP contribution >= 0.6 is 0 Å². The van der Waals surface area contributed by atoms with Gasteiger partial charge in [0.05, 0.1) is 0 Å². The summed E-state index contributed by atoms with van der Waals surface area (Å²) in [7, 11) is 1.76. The molecule has 0 aromatic carbocycles. The fraction of sp³-hybridized carbons (Fsp3) is 1.00. The van der Waals surface area contributed by atoms with E-state index >= 15 is 0 Å². The number of hydrogen-bond donors (Lipinski definition) is 2. The van der Waals surface area contributed by atoms with Crippen LogP contribution in [0.4, 0.5) is 0 Å². The molecule has 3 heteroatoms. The Morgan fingerprint density at radius 2 is 2.00 bits per heavy atom. The summed E-state index contributed by atoms with van der Waals surface area (Å²) < 4.78 is 5.09. The highest BCUT2D eigenvalue weighted by molar-refractivity contribution is 4.84. The molecule has 3 N–H and O–H groups in total. The van der Waals surface area contributed by atoms with Gasteiger partial charge >= 0.3 is 0 Å². The molecule has 16 heavy (non-hydrogen) atoms. The van der Waals surface area contributed by atoms with Crippen LogP contribution in [0, 0.1) is 11.3 Å². The molecule has 0 aliphatic heterocycles. The molecule has 3 nitrogen and oxygen atoms in total. The first-order chi connectivity index (χ1) is 7.59. The molecule has 0 amide bonds. The molecular weight excluding hydrogens is 200 g/mol. The lowest BCUT2D eigenvalue weighted by atomic mass is 9.70. The molecule has 1 unspecified atom stereocenters. The number of nitrogens with one attached hydrogen (secondary N) is 1. The van der Waals surface area contributed by atoms with E-state index in [4.69, 9.17) is 10.6 Å². The summed E-state index contributed by atoms with van der Waals surface area (Å²) >= 11 is 0. The largest absolute Gasteiger partial charge is 0.385 e. The van der Waals surface area contributed by atoms with E-state index < -0.39 is 0 Å². The molecule has 0 aromatic heterocycles. The topological polar surface area (TPSA) is 47.3 Å². The Morgan fingerprint density at radius 1 is 1.38 bits per heavy atom. The number of methoxy groups -OCH3 is 1. The Kier molecular flexibility index (Phi) is 5.73. The molecule has 1 fully saturated rings. The first-order valence-corrected chi connectivity index (χ1v) is 6.54. The summed E-state index contributed by atoms with van der Waals surface area (Å²) in [5, 5.41) is 0. The maximum absolute atomic E-state index is 5.66. The molecule has 0 spiro atoms. The SMILES string of the molecule is COCCCC(NN)C1CCC(C)(C)CC1. The van der Waals surface area contributed by atoms with E-state index in [2.05, 4.69) is 19.3 Å². The average Bonchev–Trinajstić information content (AvgIpc) is 2.25. The van der Waals surface area contributed by atoms with Crippen LogP contribution in [0.5, 0.6) is 0 Å². The standard InChI is InChI=1S/C13H28N2O/c1-13(2)8-6-11(7-9-13)12(15-14)5-4-10-16-3/h11-12,15H,4-10,14H2,1-3H3. The molecule has 96 valence electrons. The van der Waals surface area contributed by atoms with Crippen LogP contribution in [0.3, 0.4) is 0 Å². The Morgan fingerprint density at radius 3 is 2.50 bits per heavy atom. The van der Waals surface area contributed by atoms with Crippen LogP contribution < -0.4 is 11.3 Å². The van der Waals surface area contributed by atoms with Crippen molar-refractivity contribution in [1.29, 1.82) is 0 Å². The monoisotopic (exact) mass is 228 g/mol. The van der Waals surface area contributed by atoms with Crippen LogP contribution in [0.2, 0.25) is 0 Å². The van der Waals surface area contributed by atoms with E-state index in [0.717, 1.165) is 25.4 Å². The van der Waals surface area contributed by atoms with Gasteiger partial charge in [0.1, 0.15) is 0 Å². The van der Waals surface area contributed by atoms with Gasteiger partial charge in [-0.2, -0.15) is 0 Å². The number of hydrazine groups is 1. The third-order valence-corrected chi connectivity index (χ3v) is 4.03. The lowest BCUT2D eigenvalue weighted by molar-refractivity contribution is 0.145. The molecule has 0 aromatic rings. The second-order valence-corrected chi connectivity index (χ2v) is 5.91. The molecule has 1 rings (SSSR count). The number of rotatable bonds is 6. The number of hydrogen-bond acceptors (Lipinski definition) is 3. The maximum atomic E-state index is 5.66. The molecule has 1 aliphatic carbocycles. The van der Waals surface area contributed by atoms with Crippen molar-refractivity contribution in [3.63, 3.8) is 0 Å². The van der Waals surface area contributed by atoms with Crippen molar-refractivity contribution in [2.75, 3.05) is 13.7 Å². The second kappa shape index (κ2) is 6.58. The zero-order valence-corrected chi connectivity index (χ0v) is 11.1. The Bertz CT molecular complexity index is 184. The number of ether oxygens (including phenoxy) is 1. The van der Waals surface area contributed by atoms with E-state index in [1.807, 2.05) is 0 Å². The van der Waals surface area contributed by atoms with Gasteiger partial charge in [-0.3, -0.25) is 11.3 Å². The average molecular weight is 228 g/mol. The molecule has 0 saturated heterocycles. The third-order valence-electron chi connectivity index (χ3n) is 4.03. The maximum Gasteiger partial charge on any atom is 0.0462 e. The first kappa shape index (κ1) is 13.9. The molecule has 0 heterocycles. The molecule has 1 aliphatic rings. The lowest BCUT2D eigenvalue weighted by Gasteiger charge is -2.37. The van der Waals surface area contributed by atoms with Crippen LogP contribution in [-0.2, 0) is 4.74 Å². The highest BCUT2D eigenvalue weighted by Crippen LogP contribution is 2.39. The van der Waals surface area contributed by atoms with E-state index in [1.165, 1.54) is 25.7 Å². The predicted molar refractivity (Wildman–Crippen MR) is 68.0 cm³/mol. The molecule has 0 bridgehead atoms. The number of nitrogens with two attached hydrogens (primary N) is 1. The van der Waals surface area contributed by atoms with Crippen LogP contribution in [0.1, 0.15) is 52.4 Å². The molecule has 1 atom stereocenters. The van der Waals surface area contributed by atoms with Crippen LogP contribution in [-0.4, -0.2) is 19.8 Å². The third kappa shape index (κ3) is 4.40. The van der Waals surface area contributed by atoms with Crippen molar-refractivity contribution < 1.29 is 4.74 Å². The van der Waals surface area contributed by atoms with Gasteiger partial charge in [0.2, 0.25) is 0 Å². The normalized spacial score (nSPS) is 23.2. The van der Waals surface area contributed by atoms with E-state index in [1.54, 1.807) is 7.11 Å². The van der Waals surface area contributed by atoms with E-state index in [0.29, 0.717) is 11.5 Å². The van der Waals surface area contributed by atoms with Crippen molar-refractivity contribution in [2.24, 2.45) is 17.2 Å². The van der Waals surface area contributed by atoms with Crippen molar-refractivity contribution in [1.82, 2.24) is 5.43 Å². The van der Waals surface area contributed by atoms with Crippen molar-refractivity contribution in [2.45, 2.75) is 58.4 Å². The van der Waals surface area contributed by atoms with E-state index in [-0.39, 0.29) is 0 Å². The minimum atomic E-state index is 0.478. The highest BCUT2D eigenvalue weighted by Gasteiger charge is 2.30. The smallest absolute Gasteiger partial charge is 0.0462 e. The fourth-order valence-corrected chi connectivity index (χ4v) is 2.73. The van der Waals surface area contributed by atoms with Gasteiger partial charge in [0, 0.05) is 19.8 Å². The second-order valence-electron chi connectivity index (χ2n) is 5.91. The van der Waals surface area contributed by atoms with Crippen molar-refractivity contribution in [3.05, 3.63) is 0 Å². The van der Waals surface area contributed by atoms with Gasteiger partial charge in [-0.1, -0.05) is 13.8 Å². The minimum absolute atomic E-state index is 0.478. The summed E-state index contributed by atoms with van der Waals surface area (Å²) in [4.78, 5) is 0. The van der Waals surface area contributed by atoms with Crippen LogP contribution in [0.15, 0.2) is 0 Å². The first-order valence-electron chi connectivity index (χ1n) is 6.54. The summed E-state index contributed by atoms with van der Waals surface area (Å²) in [5.41, 5.74) is 3.55. The van der Waals surface area contributed by atoms with Gasteiger partial charge < -0.3 is 4.74 Å². The Balaban J connectivity index is 2.31. The van der Waals surface area contributed by atoms with Crippen molar-refractivity contribution in [3.8, 4) is 0 Å². The molecule has 1 saturated carbocycles. The van der Waals surface area contributed by atoms with Gasteiger partial charge in [0.15, 0.2) is 0 Å². The summed E-state index contributed by atoms with van der Waals surface area (Å²) in [6, 6.07) is 0.478. The predicted octanol–water partition coefficient (Wildman–Crippen LogP) is 2.46. The quantitative estimate of drug-likeness (QED) is 0.417. The van der Waals surface area contributed by atoms with Gasteiger partial charge in [-0.05, 0) is 49.9 Å². The zero-order chi connectivity index (χ0) is 12.0. The Hall–Kier alpha value is -0.120. The summed E-state index contributed by atoms with van der Waals surface area (Å²) in [6.45, 7) is 5.59. The molecular formula is C13H28N2O. The molecule has 0 radical (unpaired) electrons. The van der Waals surface area contributed by atoms with Crippen molar-refractivity contribution >= 4 is 0 Å². The fourth-order valence-electron chi connectivity index (χ4n) is 2.73. The summed E-state index contributed by atoms with van der Waals surface area (Å²) in [6.07, 6.45) is 7.53. The lowest BCUT2D eigenvalue weighted by Crippen LogP contribution is -2.43. The Labute approximate surface area is 100 Å². The summed E-state index contributed by atoms with van der Waals surface area (Å²) in [5.74, 6) is 6.42. The highest BCUT2D eigenvalue weighted by atomic mass is 16.5. The van der Waals surface area contributed by atoms with Gasteiger partial charge in [-0.15, -0.1) is 0 Å². The zero-order valence-electron chi connectivity index (χ0n) is 11.1. The van der Waals surface area contributed by atoms with Gasteiger partial charge in [0.25, 0.3) is 0 Å². The minimum Gasteiger partial charge on any atom is -0.385 e. The van der Waals surface area contributed by atoms with Crippen LogP contribution in [0.25, 0.3) is 0 Å².